The predicted octanol–water partition coefficient (Wildman–Crippen LogP) is 3.12. The van der Waals surface area contributed by atoms with E-state index in [1.807, 2.05) is 58.2 Å². The van der Waals surface area contributed by atoms with Crippen molar-refractivity contribution in [2.24, 2.45) is 10.3 Å². The van der Waals surface area contributed by atoms with Gasteiger partial charge in [-0.25, -0.2) is 0 Å². The molecule has 3 heterocycles. The molecule has 29 heavy (non-hydrogen) atoms. The first-order valence-electron chi connectivity index (χ1n) is 9.12. The maximum atomic E-state index is 11.6. The summed E-state index contributed by atoms with van der Waals surface area (Å²) in [4.78, 5) is 13.6. The fourth-order valence-electron chi connectivity index (χ4n) is 3.79. The first-order chi connectivity index (χ1) is 14.0. The predicted molar refractivity (Wildman–Crippen MR) is 113 cm³/mol. The molecule has 0 saturated carbocycles. The number of nitrogens with zero attached hydrogens (tertiary/aromatic N) is 6. The van der Waals surface area contributed by atoms with E-state index in [4.69, 9.17) is 6.42 Å². The van der Waals surface area contributed by atoms with Gasteiger partial charge in [0.05, 0.1) is 18.0 Å². The number of terminal acetylenes is 1. The van der Waals surface area contributed by atoms with Gasteiger partial charge < -0.3 is 4.90 Å². The summed E-state index contributed by atoms with van der Waals surface area (Å²) in [6.07, 6.45) is 8.96. The first-order valence-corrected chi connectivity index (χ1v) is 9.12. The highest BCUT2D eigenvalue weighted by molar-refractivity contribution is 5.85. The van der Waals surface area contributed by atoms with E-state index in [1.54, 1.807) is 12.3 Å². The molecule has 2 aromatic rings. The van der Waals surface area contributed by atoms with Crippen molar-refractivity contribution < 1.29 is 0 Å². The average Bonchev–Trinajstić information content (AvgIpc) is 3.21. The van der Waals surface area contributed by atoms with Crippen LogP contribution in [-0.2, 0) is 0 Å². The molecular weight excluding hydrogens is 364 g/mol. The van der Waals surface area contributed by atoms with E-state index in [2.05, 4.69) is 34.5 Å². The van der Waals surface area contributed by atoms with Crippen molar-refractivity contribution >= 4 is 6.21 Å². The number of benzene rings is 1. The lowest BCUT2D eigenvalue weighted by Gasteiger charge is -2.46. The SMILES string of the molecule is C#Cc1ccn(C(c2ccccc2)C2CN(C)C(=C)C3=C(N=O)C(=C)C=NN32)n1. The third-order valence-corrected chi connectivity index (χ3v) is 5.24. The number of nitroso groups, excluding NO2 is 1. The van der Waals surface area contributed by atoms with Crippen LogP contribution in [0, 0.1) is 17.3 Å². The van der Waals surface area contributed by atoms with E-state index in [0.717, 1.165) is 5.56 Å². The zero-order chi connectivity index (χ0) is 20.5. The van der Waals surface area contributed by atoms with Gasteiger partial charge in [0.25, 0.3) is 0 Å². The molecule has 2 aliphatic rings. The van der Waals surface area contributed by atoms with E-state index in [1.165, 1.54) is 0 Å². The molecule has 0 radical (unpaired) electrons. The fourth-order valence-corrected chi connectivity index (χ4v) is 3.79. The van der Waals surface area contributed by atoms with Gasteiger partial charge in [0.2, 0.25) is 0 Å². The normalized spacial score (nSPS) is 19.8. The van der Waals surface area contributed by atoms with E-state index >= 15 is 0 Å². The summed E-state index contributed by atoms with van der Waals surface area (Å²) in [7, 11) is 1.93. The average molecular weight is 384 g/mol. The molecule has 144 valence electrons. The van der Waals surface area contributed by atoms with Gasteiger partial charge in [0.1, 0.15) is 23.1 Å². The van der Waals surface area contributed by atoms with E-state index in [9.17, 15) is 4.91 Å². The summed E-state index contributed by atoms with van der Waals surface area (Å²) in [5, 5.41) is 14.2. The van der Waals surface area contributed by atoms with Gasteiger partial charge in [-0.2, -0.15) is 10.2 Å². The minimum Gasteiger partial charge on any atom is -0.371 e. The van der Waals surface area contributed by atoms with Crippen molar-refractivity contribution in [1.29, 1.82) is 0 Å². The monoisotopic (exact) mass is 384 g/mol. The Kier molecular flexibility index (Phi) is 4.61. The summed E-state index contributed by atoms with van der Waals surface area (Å²) in [5.74, 6) is 2.57. The molecule has 1 saturated heterocycles. The fraction of sp³-hybridized carbons (Fsp3) is 0.182. The molecule has 0 aliphatic carbocycles. The van der Waals surface area contributed by atoms with E-state index < -0.39 is 0 Å². The Morgan fingerprint density at radius 2 is 2.03 bits per heavy atom. The van der Waals surface area contributed by atoms with Crippen molar-refractivity contribution in [3.63, 3.8) is 0 Å². The maximum absolute atomic E-state index is 11.6. The standard InChI is InChI=1S/C22H20N6O/c1-5-18-11-12-27(24-18)22(17-9-7-6-8-10-17)19-14-26(4)16(3)21-20(25-29)15(2)13-23-28(19)21/h1,6-13,19,22H,2-3,14H2,4H3. The van der Waals surface area contributed by atoms with Gasteiger partial charge in [-0.3, -0.25) is 9.69 Å². The van der Waals surface area contributed by atoms with Crippen LogP contribution in [0.3, 0.4) is 0 Å². The Bertz CT molecular complexity index is 1090. The van der Waals surface area contributed by atoms with Crippen molar-refractivity contribution in [2.75, 3.05) is 13.6 Å². The molecule has 1 aromatic carbocycles. The smallest absolute Gasteiger partial charge is 0.143 e. The van der Waals surface area contributed by atoms with Crippen LogP contribution in [0.15, 0.2) is 88.7 Å². The Hall–Kier alpha value is -3.92. The highest BCUT2D eigenvalue weighted by Crippen LogP contribution is 2.39. The zero-order valence-electron chi connectivity index (χ0n) is 16.1. The highest BCUT2D eigenvalue weighted by atomic mass is 16.3. The molecule has 0 bridgehead atoms. The molecule has 0 spiro atoms. The van der Waals surface area contributed by atoms with Crippen LogP contribution in [0.25, 0.3) is 0 Å². The molecule has 1 fully saturated rings. The van der Waals surface area contributed by atoms with Crippen LogP contribution in [0.2, 0.25) is 0 Å². The number of fused-ring (bicyclic) bond motifs is 1. The second kappa shape index (κ2) is 7.24. The lowest BCUT2D eigenvalue weighted by Crippen LogP contribution is -2.52. The number of aromatic nitrogens is 2. The van der Waals surface area contributed by atoms with Crippen molar-refractivity contribution in [3.8, 4) is 12.3 Å². The summed E-state index contributed by atoms with van der Waals surface area (Å²) in [6, 6.07) is 11.4. The van der Waals surface area contributed by atoms with Crippen LogP contribution < -0.4 is 0 Å². The molecule has 0 N–H and O–H groups in total. The van der Waals surface area contributed by atoms with Crippen LogP contribution in [0.1, 0.15) is 17.3 Å². The van der Waals surface area contributed by atoms with Crippen LogP contribution in [0.5, 0.6) is 0 Å². The number of hydrazone groups is 1. The topological polar surface area (TPSA) is 66.1 Å². The number of likely N-dealkylation sites (N-methyl/N-ethyl adjacent to an activating group) is 1. The van der Waals surface area contributed by atoms with Crippen molar-refractivity contribution in [2.45, 2.75) is 12.1 Å². The number of allylic oxidation sites excluding steroid dienone is 1. The Morgan fingerprint density at radius 3 is 2.69 bits per heavy atom. The molecule has 0 amide bonds. The summed E-state index contributed by atoms with van der Waals surface area (Å²) >= 11 is 0. The summed E-state index contributed by atoms with van der Waals surface area (Å²) in [6.45, 7) is 8.64. The molecule has 2 unspecified atom stereocenters. The van der Waals surface area contributed by atoms with Gasteiger partial charge in [0.15, 0.2) is 0 Å². The third kappa shape index (κ3) is 3.05. The molecule has 7 nitrogen and oxygen atoms in total. The molecular formula is C22H20N6O. The van der Waals surface area contributed by atoms with Crippen molar-refractivity contribution in [1.82, 2.24) is 19.7 Å². The first kappa shape index (κ1) is 18.4. The molecule has 7 heteroatoms. The van der Waals surface area contributed by atoms with E-state index in [-0.39, 0.29) is 17.8 Å². The lowest BCUT2D eigenvalue weighted by atomic mass is 9.94. The minimum absolute atomic E-state index is 0.186. The van der Waals surface area contributed by atoms with Crippen LogP contribution in [-0.4, -0.2) is 45.5 Å². The maximum Gasteiger partial charge on any atom is 0.143 e. The highest BCUT2D eigenvalue weighted by Gasteiger charge is 2.41. The molecule has 4 rings (SSSR count). The lowest BCUT2D eigenvalue weighted by molar-refractivity contribution is 0.130. The third-order valence-electron chi connectivity index (χ3n) is 5.24. The number of rotatable bonds is 4. The second-order valence-electron chi connectivity index (χ2n) is 6.98. The number of hydrogen-bond acceptors (Lipinski definition) is 6. The number of piperazine rings is 1. The Labute approximate surface area is 169 Å². The van der Waals surface area contributed by atoms with Crippen LogP contribution in [0.4, 0.5) is 0 Å². The molecule has 2 aliphatic heterocycles. The minimum atomic E-state index is -0.208. The number of hydrogen-bond donors (Lipinski definition) is 0. The van der Waals surface area contributed by atoms with Gasteiger partial charge in [-0.1, -0.05) is 43.5 Å². The zero-order valence-corrected chi connectivity index (χ0v) is 16.1. The van der Waals surface area contributed by atoms with Gasteiger partial charge in [0, 0.05) is 25.4 Å². The molecule has 2 atom stereocenters. The summed E-state index contributed by atoms with van der Waals surface area (Å²) < 4.78 is 1.85. The quantitative estimate of drug-likeness (QED) is 0.600. The second-order valence-corrected chi connectivity index (χ2v) is 6.98. The van der Waals surface area contributed by atoms with Gasteiger partial charge in [-0.15, -0.1) is 11.3 Å². The van der Waals surface area contributed by atoms with Gasteiger partial charge >= 0.3 is 0 Å². The largest absolute Gasteiger partial charge is 0.371 e. The summed E-state index contributed by atoms with van der Waals surface area (Å²) in [5.41, 5.74) is 3.55. The van der Waals surface area contributed by atoms with E-state index in [0.29, 0.717) is 29.2 Å². The van der Waals surface area contributed by atoms with Crippen molar-refractivity contribution in [3.05, 3.63) is 94.6 Å². The Morgan fingerprint density at radius 1 is 1.28 bits per heavy atom. The Balaban J connectivity index is 1.88. The van der Waals surface area contributed by atoms with Crippen LogP contribution >= 0.6 is 0 Å². The molecule has 1 aromatic heterocycles. The van der Waals surface area contributed by atoms with Gasteiger partial charge in [-0.05, 0) is 22.7 Å².